The van der Waals surface area contributed by atoms with Gasteiger partial charge in [-0.05, 0) is 34.4 Å². The molecule has 110 valence electrons. The van der Waals surface area contributed by atoms with Crippen LogP contribution >= 0.6 is 11.8 Å². The van der Waals surface area contributed by atoms with Crippen molar-refractivity contribution in [2.45, 2.75) is 36.2 Å². The monoisotopic (exact) mass is 304 g/mol. The maximum atomic E-state index is 11.5. The van der Waals surface area contributed by atoms with E-state index in [9.17, 15) is 4.79 Å². The molecule has 3 rings (SSSR count). The molecule has 1 aromatic carbocycles. The Hall–Kier alpha value is -1.89. The van der Waals surface area contributed by atoms with Crippen molar-refractivity contribution < 1.29 is 9.53 Å². The molecule has 0 unspecified atom stereocenters. The lowest BCUT2D eigenvalue weighted by Crippen LogP contribution is -2.06. The number of methoxy groups -OCH3 is 1. The first-order chi connectivity index (χ1) is 10.3. The Balaban J connectivity index is 1.69. The van der Waals surface area contributed by atoms with Crippen molar-refractivity contribution in [3.8, 4) is 0 Å². The molecule has 0 radical (unpaired) electrons. The fourth-order valence-corrected chi connectivity index (χ4v) is 3.05. The van der Waals surface area contributed by atoms with E-state index in [1.807, 2.05) is 28.9 Å². The first-order valence-electron chi connectivity index (χ1n) is 6.82. The molecule has 0 spiro atoms. The number of tetrazole rings is 1. The Morgan fingerprint density at radius 1 is 1.38 bits per heavy atom. The number of ether oxygens (including phenoxy) is 1. The number of nitrogens with zero attached hydrogens (tertiary/aromatic N) is 4. The number of esters is 1. The molecule has 0 N–H and O–H groups in total. The summed E-state index contributed by atoms with van der Waals surface area (Å²) in [5.74, 6) is 0.510. The van der Waals surface area contributed by atoms with Crippen LogP contribution in [0, 0.1) is 0 Å². The summed E-state index contributed by atoms with van der Waals surface area (Å²) in [5, 5.41) is 12.7. The molecule has 1 fully saturated rings. The van der Waals surface area contributed by atoms with Crippen LogP contribution in [-0.4, -0.2) is 33.3 Å². The van der Waals surface area contributed by atoms with Crippen molar-refractivity contribution in [2.24, 2.45) is 0 Å². The predicted molar refractivity (Wildman–Crippen MR) is 77.8 cm³/mol. The molecule has 21 heavy (non-hydrogen) atoms. The van der Waals surface area contributed by atoms with Crippen LogP contribution in [0.25, 0.3) is 0 Å². The van der Waals surface area contributed by atoms with E-state index in [0.717, 1.165) is 34.9 Å². The lowest BCUT2D eigenvalue weighted by Gasteiger charge is -2.08. The molecule has 1 aliphatic carbocycles. The molecule has 1 heterocycles. The van der Waals surface area contributed by atoms with Gasteiger partial charge >= 0.3 is 5.97 Å². The van der Waals surface area contributed by atoms with Gasteiger partial charge in [0, 0.05) is 5.75 Å². The SMILES string of the molecule is COC(=O)Cc1ccccc1CSc1nnnn1C1CC1. The van der Waals surface area contributed by atoms with E-state index in [4.69, 9.17) is 4.74 Å². The first-order valence-corrected chi connectivity index (χ1v) is 7.80. The summed E-state index contributed by atoms with van der Waals surface area (Å²) in [6, 6.07) is 8.35. The van der Waals surface area contributed by atoms with Gasteiger partial charge in [0.1, 0.15) is 0 Å². The molecule has 1 aliphatic rings. The molecule has 7 heteroatoms. The summed E-state index contributed by atoms with van der Waals surface area (Å²) in [5.41, 5.74) is 2.10. The van der Waals surface area contributed by atoms with Crippen LogP contribution in [0.15, 0.2) is 29.4 Å². The second-order valence-electron chi connectivity index (χ2n) is 4.95. The Morgan fingerprint density at radius 3 is 2.86 bits per heavy atom. The highest BCUT2D eigenvalue weighted by Gasteiger charge is 2.27. The Bertz CT molecular complexity index is 639. The number of hydrogen-bond donors (Lipinski definition) is 0. The number of aromatic nitrogens is 4. The van der Waals surface area contributed by atoms with E-state index >= 15 is 0 Å². The fourth-order valence-electron chi connectivity index (χ4n) is 2.07. The van der Waals surface area contributed by atoms with E-state index in [1.165, 1.54) is 7.11 Å². The van der Waals surface area contributed by atoms with Crippen molar-refractivity contribution in [2.75, 3.05) is 7.11 Å². The van der Waals surface area contributed by atoms with Gasteiger partial charge in [-0.15, -0.1) is 5.10 Å². The molecular weight excluding hydrogens is 288 g/mol. The lowest BCUT2D eigenvalue weighted by atomic mass is 10.1. The first kappa shape index (κ1) is 14.1. The highest BCUT2D eigenvalue weighted by atomic mass is 32.2. The topological polar surface area (TPSA) is 69.9 Å². The lowest BCUT2D eigenvalue weighted by molar-refractivity contribution is -0.139. The van der Waals surface area contributed by atoms with E-state index in [2.05, 4.69) is 15.5 Å². The molecule has 0 saturated heterocycles. The normalized spacial score (nSPS) is 14.1. The largest absolute Gasteiger partial charge is 0.469 e. The second kappa shape index (κ2) is 6.26. The van der Waals surface area contributed by atoms with Gasteiger partial charge in [0.2, 0.25) is 5.16 Å². The highest BCUT2D eigenvalue weighted by molar-refractivity contribution is 7.98. The fraction of sp³-hybridized carbons (Fsp3) is 0.429. The van der Waals surface area contributed by atoms with E-state index in [1.54, 1.807) is 11.8 Å². The van der Waals surface area contributed by atoms with E-state index < -0.39 is 0 Å². The zero-order chi connectivity index (χ0) is 14.7. The van der Waals surface area contributed by atoms with Crippen molar-refractivity contribution in [3.63, 3.8) is 0 Å². The number of rotatable bonds is 6. The maximum absolute atomic E-state index is 11.5. The predicted octanol–water partition coefficient (Wildman–Crippen LogP) is 2.02. The van der Waals surface area contributed by atoms with Gasteiger partial charge in [-0.25, -0.2) is 4.68 Å². The Morgan fingerprint density at radius 2 is 2.14 bits per heavy atom. The standard InChI is InChI=1S/C14H16N4O2S/c1-20-13(19)8-10-4-2-3-5-11(10)9-21-14-15-16-17-18(14)12-6-7-12/h2-5,12H,6-9H2,1H3. The number of thioether (sulfide) groups is 1. The minimum atomic E-state index is -0.227. The zero-order valence-electron chi connectivity index (χ0n) is 11.7. The van der Waals surface area contributed by atoms with Crippen LogP contribution in [0.5, 0.6) is 0 Å². The van der Waals surface area contributed by atoms with Crippen LogP contribution < -0.4 is 0 Å². The maximum Gasteiger partial charge on any atom is 0.309 e. The van der Waals surface area contributed by atoms with Crippen molar-refractivity contribution >= 4 is 17.7 Å². The molecule has 0 amide bonds. The molecule has 1 aromatic heterocycles. The zero-order valence-corrected chi connectivity index (χ0v) is 12.5. The van der Waals surface area contributed by atoms with Gasteiger partial charge in [-0.1, -0.05) is 36.0 Å². The Labute approximate surface area is 126 Å². The van der Waals surface area contributed by atoms with Crippen LogP contribution in [-0.2, 0) is 21.7 Å². The van der Waals surface area contributed by atoms with Gasteiger partial charge in [-0.3, -0.25) is 4.79 Å². The summed E-state index contributed by atoms with van der Waals surface area (Å²) in [6.07, 6.45) is 2.59. The van der Waals surface area contributed by atoms with Crippen LogP contribution in [0.3, 0.4) is 0 Å². The van der Waals surface area contributed by atoms with Gasteiger partial charge in [0.05, 0.1) is 19.6 Å². The summed E-state index contributed by atoms with van der Waals surface area (Å²) < 4.78 is 6.63. The summed E-state index contributed by atoms with van der Waals surface area (Å²) in [4.78, 5) is 11.5. The molecule has 0 atom stereocenters. The van der Waals surface area contributed by atoms with Gasteiger partial charge in [0.25, 0.3) is 0 Å². The number of carbonyl (C=O) groups excluding carboxylic acids is 1. The van der Waals surface area contributed by atoms with Crippen molar-refractivity contribution in [1.29, 1.82) is 0 Å². The third-order valence-electron chi connectivity index (χ3n) is 3.39. The van der Waals surface area contributed by atoms with Gasteiger partial charge < -0.3 is 4.74 Å². The molecular formula is C14H16N4O2S. The quantitative estimate of drug-likeness (QED) is 0.600. The van der Waals surface area contributed by atoms with Gasteiger partial charge in [0.15, 0.2) is 0 Å². The smallest absolute Gasteiger partial charge is 0.309 e. The summed E-state index contributed by atoms with van der Waals surface area (Å²) >= 11 is 1.60. The number of benzene rings is 1. The minimum absolute atomic E-state index is 0.227. The summed E-state index contributed by atoms with van der Waals surface area (Å²) in [6.45, 7) is 0. The average molecular weight is 304 g/mol. The molecule has 0 aliphatic heterocycles. The van der Waals surface area contributed by atoms with Crippen molar-refractivity contribution in [1.82, 2.24) is 20.2 Å². The molecule has 6 nitrogen and oxygen atoms in total. The molecule has 1 saturated carbocycles. The third-order valence-corrected chi connectivity index (χ3v) is 4.38. The minimum Gasteiger partial charge on any atom is -0.469 e. The van der Waals surface area contributed by atoms with E-state index in [0.29, 0.717) is 12.5 Å². The highest BCUT2D eigenvalue weighted by Crippen LogP contribution is 2.37. The van der Waals surface area contributed by atoms with Crippen LogP contribution in [0.4, 0.5) is 0 Å². The molecule has 0 bridgehead atoms. The molecule has 2 aromatic rings. The van der Waals surface area contributed by atoms with E-state index in [-0.39, 0.29) is 5.97 Å². The van der Waals surface area contributed by atoms with Gasteiger partial charge in [-0.2, -0.15) is 0 Å². The number of carbonyl (C=O) groups is 1. The summed E-state index contributed by atoms with van der Waals surface area (Å²) in [7, 11) is 1.41. The van der Waals surface area contributed by atoms with Crippen LogP contribution in [0.2, 0.25) is 0 Å². The Kier molecular flexibility index (Phi) is 4.19. The third kappa shape index (κ3) is 3.41. The second-order valence-corrected chi connectivity index (χ2v) is 5.89. The number of hydrogen-bond acceptors (Lipinski definition) is 6. The van der Waals surface area contributed by atoms with Crippen molar-refractivity contribution in [3.05, 3.63) is 35.4 Å². The average Bonchev–Trinajstić information content (AvgIpc) is 3.25. The van der Waals surface area contributed by atoms with Crippen LogP contribution in [0.1, 0.15) is 30.0 Å².